The van der Waals surface area contributed by atoms with Gasteiger partial charge < -0.3 is 15.6 Å². The van der Waals surface area contributed by atoms with Crippen LogP contribution in [0.1, 0.15) is 6.42 Å². The summed E-state index contributed by atoms with van der Waals surface area (Å²) < 4.78 is 30.6. The van der Waals surface area contributed by atoms with Gasteiger partial charge >= 0.3 is 5.97 Å². The van der Waals surface area contributed by atoms with Crippen LogP contribution in [0.15, 0.2) is 18.2 Å². The van der Waals surface area contributed by atoms with Gasteiger partial charge in [-0.1, -0.05) is 0 Å². The highest BCUT2D eigenvalue weighted by atomic mass is 19.1. The predicted molar refractivity (Wildman–Crippen MR) is 52.1 cm³/mol. The third-order valence-corrected chi connectivity index (χ3v) is 1.87. The fourth-order valence-corrected chi connectivity index (χ4v) is 1.11. The molecule has 0 heterocycles. The number of halogens is 2. The van der Waals surface area contributed by atoms with Crippen molar-refractivity contribution in [2.45, 2.75) is 12.5 Å². The van der Waals surface area contributed by atoms with Crippen LogP contribution in [0.5, 0.6) is 5.75 Å². The quantitative estimate of drug-likeness (QED) is 0.797. The SMILES string of the molecule is NCCC(Oc1ccc(F)cc1F)C(=O)O. The van der Waals surface area contributed by atoms with Gasteiger partial charge in [0.1, 0.15) is 5.82 Å². The number of carbonyl (C=O) groups is 1. The Balaban J connectivity index is 2.81. The van der Waals surface area contributed by atoms with E-state index in [4.69, 9.17) is 15.6 Å². The third kappa shape index (κ3) is 3.16. The van der Waals surface area contributed by atoms with Crippen molar-refractivity contribution in [2.75, 3.05) is 6.54 Å². The van der Waals surface area contributed by atoms with Crippen molar-refractivity contribution in [1.82, 2.24) is 0 Å². The molecule has 1 rings (SSSR count). The lowest BCUT2D eigenvalue weighted by Gasteiger charge is -2.14. The smallest absolute Gasteiger partial charge is 0.344 e. The third-order valence-electron chi connectivity index (χ3n) is 1.87. The molecule has 0 radical (unpaired) electrons. The summed E-state index contributed by atoms with van der Waals surface area (Å²) >= 11 is 0. The minimum Gasteiger partial charge on any atom is -0.479 e. The highest BCUT2D eigenvalue weighted by Gasteiger charge is 2.20. The molecule has 1 atom stereocenters. The van der Waals surface area contributed by atoms with E-state index in [0.29, 0.717) is 6.07 Å². The highest BCUT2D eigenvalue weighted by Crippen LogP contribution is 2.19. The number of benzene rings is 1. The minimum atomic E-state index is -1.24. The van der Waals surface area contributed by atoms with Crippen molar-refractivity contribution in [3.63, 3.8) is 0 Å². The molecule has 0 aromatic heterocycles. The Morgan fingerprint density at radius 2 is 2.19 bits per heavy atom. The first kappa shape index (κ1) is 12.4. The standard InChI is InChI=1S/C10H11F2NO3/c11-6-1-2-8(7(12)5-6)16-9(3-4-13)10(14)15/h1-2,5,9H,3-4,13H2,(H,14,15). The number of hydrogen-bond acceptors (Lipinski definition) is 3. The number of ether oxygens (including phenoxy) is 1. The second-order valence-corrected chi connectivity index (χ2v) is 3.10. The molecule has 16 heavy (non-hydrogen) atoms. The van der Waals surface area contributed by atoms with Gasteiger partial charge in [0.2, 0.25) is 0 Å². The molecule has 0 amide bonds. The zero-order valence-electron chi connectivity index (χ0n) is 8.32. The first-order chi connectivity index (χ1) is 7.54. The molecular weight excluding hydrogens is 220 g/mol. The van der Waals surface area contributed by atoms with Crippen LogP contribution in [0.25, 0.3) is 0 Å². The van der Waals surface area contributed by atoms with Gasteiger partial charge in [0.15, 0.2) is 17.7 Å². The van der Waals surface area contributed by atoms with E-state index >= 15 is 0 Å². The van der Waals surface area contributed by atoms with E-state index in [2.05, 4.69) is 0 Å². The van der Waals surface area contributed by atoms with Crippen LogP contribution in [-0.2, 0) is 4.79 Å². The summed E-state index contributed by atoms with van der Waals surface area (Å²) in [5, 5.41) is 8.73. The van der Waals surface area contributed by atoms with Crippen molar-refractivity contribution >= 4 is 5.97 Å². The van der Waals surface area contributed by atoms with Gasteiger partial charge in [-0.15, -0.1) is 0 Å². The van der Waals surface area contributed by atoms with E-state index in [1.54, 1.807) is 0 Å². The molecule has 1 aromatic rings. The average molecular weight is 231 g/mol. The maximum atomic E-state index is 13.1. The Kier molecular flexibility index (Phi) is 4.19. The van der Waals surface area contributed by atoms with Gasteiger partial charge in [0.25, 0.3) is 0 Å². The van der Waals surface area contributed by atoms with Gasteiger partial charge in [-0.25, -0.2) is 13.6 Å². The van der Waals surface area contributed by atoms with Crippen LogP contribution in [0.4, 0.5) is 8.78 Å². The van der Waals surface area contributed by atoms with E-state index < -0.39 is 23.7 Å². The Hall–Kier alpha value is -1.69. The summed E-state index contributed by atoms with van der Waals surface area (Å²) in [7, 11) is 0. The summed E-state index contributed by atoms with van der Waals surface area (Å²) in [6.07, 6.45) is -1.18. The topological polar surface area (TPSA) is 72.5 Å². The van der Waals surface area contributed by atoms with Crippen molar-refractivity contribution in [2.24, 2.45) is 5.73 Å². The average Bonchev–Trinajstić information content (AvgIpc) is 2.20. The Morgan fingerprint density at radius 1 is 1.50 bits per heavy atom. The summed E-state index contributed by atoms with van der Waals surface area (Å²) in [4.78, 5) is 10.7. The van der Waals surface area contributed by atoms with Gasteiger partial charge in [-0.3, -0.25) is 0 Å². The lowest BCUT2D eigenvalue weighted by molar-refractivity contribution is -0.145. The zero-order valence-corrected chi connectivity index (χ0v) is 8.32. The molecule has 88 valence electrons. The Morgan fingerprint density at radius 3 is 2.69 bits per heavy atom. The van der Waals surface area contributed by atoms with E-state index in [1.165, 1.54) is 0 Å². The summed E-state index contributed by atoms with van der Waals surface area (Å²) in [6, 6.07) is 2.65. The largest absolute Gasteiger partial charge is 0.479 e. The molecular formula is C10H11F2NO3. The van der Waals surface area contributed by atoms with Crippen LogP contribution < -0.4 is 10.5 Å². The number of carboxylic acids is 1. The Bertz CT molecular complexity index is 384. The van der Waals surface area contributed by atoms with Crippen LogP contribution in [-0.4, -0.2) is 23.7 Å². The van der Waals surface area contributed by atoms with Gasteiger partial charge in [-0.05, 0) is 18.7 Å². The predicted octanol–water partition coefficient (Wildman–Crippen LogP) is 1.15. The maximum Gasteiger partial charge on any atom is 0.344 e. The van der Waals surface area contributed by atoms with Gasteiger partial charge in [0, 0.05) is 12.5 Å². The van der Waals surface area contributed by atoms with E-state index in [-0.39, 0.29) is 18.7 Å². The molecule has 0 saturated carbocycles. The molecule has 6 heteroatoms. The highest BCUT2D eigenvalue weighted by molar-refractivity contribution is 5.72. The van der Waals surface area contributed by atoms with Crippen molar-refractivity contribution in [3.05, 3.63) is 29.8 Å². The lowest BCUT2D eigenvalue weighted by Crippen LogP contribution is -2.29. The van der Waals surface area contributed by atoms with E-state index in [1.807, 2.05) is 0 Å². The van der Waals surface area contributed by atoms with Crippen molar-refractivity contribution < 1.29 is 23.4 Å². The maximum absolute atomic E-state index is 13.1. The van der Waals surface area contributed by atoms with Gasteiger partial charge in [0.05, 0.1) is 0 Å². The molecule has 0 aliphatic heterocycles. The number of nitrogens with two attached hydrogens (primary N) is 1. The lowest BCUT2D eigenvalue weighted by atomic mass is 10.2. The van der Waals surface area contributed by atoms with Crippen LogP contribution in [0.2, 0.25) is 0 Å². The fraction of sp³-hybridized carbons (Fsp3) is 0.300. The summed E-state index contributed by atoms with van der Waals surface area (Å²) in [6.45, 7) is 0.0970. The molecule has 0 aliphatic carbocycles. The molecule has 3 N–H and O–H groups in total. The normalized spacial score (nSPS) is 12.2. The second kappa shape index (κ2) is 5.41. The molecule has 0 aliphatic rings. The van der Waals surface area contributed by atoms with E-state index in [0.717, 1.165) is 12.1 Å². The molecule has 1 unspecified atom stereocenters. The van der Waals surface area contributed by atoms with E-state index in [9.17, 15) is 13.6 Å². The molecule has 4 nitrogen and oxygen atoms in total. The molecule has 0 fully saturated rings. The minimum absolute atomic E-state index is 0.0478. The number of hydrogen-bond donors (Lipinski definition) is 2. The monoisotopic (exact) mass is 231 g/mol. The first-order valence-corrected chi connectivity index (χ1v) is 4.59. The number of carboxylic acid groups (broad SMARTS) is 1. The van der Waals surface area contributed by atoms with Crippen LogP contribution in [0, 0.1) is 11.6 Å². The van der Waals surface area contributed by atoms with Crippen LogP contribution >= 0.6 is 0 Å². The Labute approximate surface area is 90.6 Å². The molecule has 1 aromatic carbocycles. The summed E-state index contributed by atoms with van der Waals surface area (Å²) in [5.74, 6) is -3.24. The fourth-order valence-electron chi connectivity index (χ4n) is 1.11. The van der Waals surface area contributed by atoms with Crippen molar-refractivity contribution in [3.8, 4) is 5.75 Å². The molecule has 0 saturated heterocycles. The van der Waals surface area contributed by atoms with Gasteiger partial charge in [-0.2, -0.15) is 0 Å². The summed E-state index contributed by atoms with van der Waals surface area (Å²) in [5.41, 5.74) is 5.19. The zero-order chi connectivity index (χ0) is 12.1. The van der Waals surface area contributed by atoms with Crippen LogP contribution in [0.3, 0.4) is 0 Å². The molecule has 0 bridgehead atoms. The number of rotatable bonds is 5. The second-order valence-electron chi connectivity index (χ2n) is 3.10. The van der Waals surface area contributed by atoms with Crippen molar-refractivity contribution in [1.29, 1.82) is 0 Å². The first-order valence-electron chi connectivity index (χ1n) is 4.59. The number of aliphatic carboxylic acids is 1. The molecule has 0 spiro atoms.